The molecule has 0 unspecified atom stereocenters. The first-order valence-corrected chi connectivity index (χ1v) is 27.2. The lowest BCUT2D eigenvalue weighted by Gasteiger charge is -2.35. The number of hydrogen-bond acceptors (Lipinski definition) is 2. The van der Waals surface area contributed by atoms with Crippen molar-refractivity contribution in [1.82, 2.24) is 0 Å². The van der Waals surface area contributed by atoms with Crippen molar-refractivity contribution in [2.75, 3.05) is 9.80 Å². The second-order valence-electron chi connectivity index (χ2n) is 20.4. The first-order chi connectivity index (χ1) is 34.8. The molecular formula is C69H76N2. The van der Waals surface area contributed by atoms with Crippen molar-refractivity contribution in [2.45, 2.75) is 137 Å². The van der Waals surface area contributed by atoms with E-state index in [9.17, 15) is 0 Å². The fraction of sp³-hybridized carbons (Fsp3) is 0.304. The molecule has 0 saturated carbocycles. The summed E-state index contributed by atoms with van der Waals surface area (Å²) in [6, 6.07) is 70.5. The maximum absolute atomic E-state index is 2.45. The Labute approximate surface area is 427 Å². The Hall–Kier alpha value is -6.64. The van der Waals surface area contributed by atoms with Gasteiger partial charge in [0, 0.05) is 34.1 Å². The molecule has 9 rings (SSSR count). The number of benzene rings is 8. The summed E-state index contributed by atoms with van der Waals surface area (Å²) in [7, 11) is 0. The Kier molecular flexibility index (Phi) is 16.0. The van der Waals surface area contributed by atoms with E-state index in [2.05, 4.69) is 233 Å². The standard InChI is InChI=1S/C69H76N2/c1-7-11-15-16-20-56-23-31-57(32-24-56)69(67-49-51(5)21-47-65(67)66-48-22-52(6)50-68(66)69)58-33-41-62(42-34-58)71(61-39-29-55(30-40-61)19-14-10-4)64-45-43-63(44-46-64)70(59-35-25-53(26-36-59)17-12-8-2)60-37-27-54(28-38-60)18-13-9-3/h21-50H,7-20H2,1-6H3. The smallest absolute Gasteiger partial charge is 0.0713 e. The highest BCUT2D eigenvalue weighted by Gasteiger charge is 2.46. The maximum Gasteiger partial charge on any atom is 0.0713 e. The van der Waals surface area contributed by atoms with Crippen molar-refractivity contribution in [3.63, 3.8) is 0 Å². The predicted octanol–water partition coefficient (Wildman–Crippen LogP) is 19.8. The Bertz CT molecular complexity index is 2840. The number of aryl methyl sites for hydroxylation is 6. The molecule has 1 aliphatic rings. The Balaban J connectivity index is 1.14. The zero-order valence-corrected chi connectivity index (χ0v) is 43.6. The van der Waals surface area contributed by atoms with E-state index in [-0.39, 0.29) is 0 Å². The third kappa shape index (κ3) is 10.7. The van der Waals surface area contributed by atoms with Crippen molar-refractivity contribution in [3.8, 4) is 11.1 Å². The van der Waals surface area contributed by atoms with Gasteiger partial charge in [-0.25, -0.2) is 0 Å². The van der Waals surface area contributed by atoms with Crippen LogP contribution in [0.2, 0.25) is 0 Å². The van der Waals surface area contributed by atoms with Crippen molar-refractivity contribution in [1.29, 1.82) is 0 Å². The van der Waals surface area contributed by atoms with E-state index >= 15 is 0 Å². The molecule has 0 radical (unpaired) electrons. The van der Waals surface area contributed by atoms with Gasteiger partial charge in [-0.2, -0.15) is 0 Å². The molecule has 362 valence electrons. The minimum atomic E-state index is -0.471. The van der Waals surface area contributed by atoms with Gasteiger partial charge in [0.25, 0.3) is 0 Å². The van der Waals surface area contributed by atoms with Gasteiger partial charge in [0.1, 0.15) is 0 Å². The van der Waals surface area contributed by atoms with Crippen LogP contribution < -0.4 is 9.80 Å². The van der Waals surface area contributed by atoms with Crippen LogP contribution in [0.25, 0.3) is 11.1 Å². The summed E-state index contributed by atoms with van der Waals surface area (Å²) < 4.78 is 0. The van der Waals surface area contributed by atoms with Crippen LogP contribution >= 0.6 is 0 Å². The van der Waals surface area contributed by atoms with E-state index in [1.54, 1.807) is 0 Å². The lowest BCUT2D eigenvalue weighted by molar-refractivity contribution is 0.666. The average Bonchev–Trinajstić information content (AvgIpc) is 3.69. The van der Waals surface area contributed by atoms with Crippen LogP contribution in [0.3, 0.4) is 0 Å². The molecule has 0 heterocycles. The molecule has 0 N–H and O–H groups in total. The van der Waals surface area contributed by atoms with E-state index in [0.29, 0.717) is 0 Å². The quantitative estimate of drug-likeness (QED) is 0.0625. The van der Waals surface area contributed by atoms with E-state index < -0.39 is 5.41 Å². The molecule has 0 saturated heterocycles. The highest BCUT2D eigenvalue weighted by Crippen LogP contribution is 2.57. The lowest BCUT2D eigenvalue weighted by atomic mass is 9.67. The summed E-state index contributed by atoms with van der Waals surface area (Å²) in [5.74, 6) is 0. The third-order valence-electron chi connectivity index (χ3n) is 15.1. The van der Waals surface area contributed by atoms with Crippen LogP contribution in [0.5, 0.6) is 0 Å². The SMILES string of the molecule is CCCCCCc1ccc(C2(c3ccc(N(c4ccc(CCCC)cc4)c4ccc(N(c5ccc(CCCC)cc5)c5ccc(CCCC)cc5)cc4)cc3)c3cc(C)ccc3-c3ccc(C)cc32)cc1. The van der Waals surface area contributed by atoms with Gasteiger partial charge in [0.15, 0.2) is 0 Å². The van der Waals surface area contributed by atoms with Crippen LogP contribution in [0, 0.1) is 13.8 Å². The molecule has 0 fully saturated rings. The number of nitrogens with zero attached hydrogens (tertiary/aromatic N) is 2. The van der Waals surface area contributed by atoms with Crippen LogP contribution in [-0.4, -0.2) is 0 Å². The Morgan fingerprint density at radius 1 is 0.296 bits per heavy atom. The molecule has 0 spiro atoms. The number of anilines is 6. The number of unbranched alkanes of at least 4 members (excludes halogenated alkanes) is 6. The average molecular weight is 933 g/mol. The van der Waals surface area contributed by atoms with Crippen LogP contribution in [0.4, 0.5) is 34.1 Å². The molecule has 8 aromatic carbocycles. The van der Waals surface area contributed by atoms with Gasteiger partial charge >= 0.3 is 0 Å². The molecule has 2 nitrogen and oxygen atoms in total. The lowest BCUT2D eigenvalue weighted by Crippen LogP contribution is -2.29. The van der Waals surface area contributed by atoms with Crippen molar-refractivity contribution in [3.05, 3.63) is 238 Å². The fourth-order valence-corrected chi connectivity index (χ4v) is 11.1. The van der Waals surface area contributed by atoms with Gasteiger partial charge in [-0.15, -0.1) is 0 Å². The van der Waals surface area contributed by atoms with Gasteiger partial charge in [0.2, 0.25) is 0 Å². The molecule has 0 bridgehead atoms. The topological polar surface area (TPSA) is 6.48 Å². The van der Waals surface area contributed by atoms with E-state index in [1.807, 2.05) is 0 Å². The normalized spacial score (nSPS) is 12.4. The molecule has 1 aliphatic carbocycles. The van der Waals surface area contributed by atoms with Gasteiger partial charge < -0.3 is 9.80 Å². The molecule has 2 heteroatoms. The summed E-state index contributed by atoms with van der Waals surface area (Å²) in [5, 5.41) is 0. The van der Waals surface area contributed by atoms with Gasteiger partial charge in [-0.3, -0.25) is 0 Å². The summed E-state index contributed by atoms with van der Waals surface area (Å²) in [6.45, 7) is 13.6. The van der Waals surface area contributed by atoms with Gasteiger partial charge in [-0.05, 0) is 194 Å². The second kappa shape index (κ2) is 23.1. The highest BCUT2D eigenvalue weighted by molar-refractivity contribution is 5.88. The number of rotatable bonds is 22. The zero-order valence-electron chi connectivity index (χ0n) is 43.6. The van der Waals surface area contributed by atoms with Crippen LogP contribution in [0.1, 0.15) is 148 Å². The van der Waals surface area contributed by atoms with Crippen molar-refractivity contribution >= 4 is 34.1 Å². The van der Waals surface area contributed by atoms with Crippen molar-refractivity contribution in [2.24, 2.45) is 0 Å². The van der Waals surface area contributed by atoms with E-state index in [0.717, 1.165) is 48.4 Å². The monoisotopic (exact) mass is 933 g/mol. The molecule has 0 atom stereocenters. The number of hydrogen-bond donors (Lipinski definition) is 0. The highest BCUT2D eigenvalue weighted by atomic mass is 15.2. The summed E-state index contributed by atoms with van der Waals surface area (Å²) >= 11 is 0. The van der Waals surface area contributed by atoms with Crippen LogP contribution in [0.15, 0.2) is 182 Å². The molecule has 0 aromatic heterocycles. The second-order valence-corrected chi connectivity index (χ2v) is 20.4. The first-order valence-electron chi connectivity index (χ1n) is 27.2. The van der Waals surface area contributed by atoms with Crippen LogP contribution in [-0.2, 0) is 31.1 Å². The number of fused-ring (bicyclic) bond motifs is 3. The first kappa shape index (κ1) is 49.3. The molecule has 71 heavy (non-hydrogen) atoms. The largest absolute Gasteiger partial charge is 0.311 e. The van der Waals surface area contributed by atoms with Gasteiger partial charge in [-0.1, -0.05) is 187 Å². The summed E-state index contributed by atoms with van der Waals surface area (Å²) in [4.78, 5) is 4.86. The molecule has 8 aromatic rings. The summed E-state index contributed by atoms with van der Waals surface area (Å²) in [5.41, 5.74) is 22.6. The predicted molar refractivity (Wildman–Crippen MR) is 306 cm³/mol. The van der Waals surface area contributed by atoms with Crippen molar-refractivity contribution < 1.29 is 0 Å². The maximum atomic E-state index is 2.45. The zero-order chi connectivity index (χ0) is 49.2. The van der Waals surface area contributed by atoms with E-state index in [4.69, 9.17) is 0 Å². The Morgan fingerprint density at radius 3 is 0.915 bits per heavy atom. The van der Waals surface area contributed by atoms with Gasteiger partial charge in [0.05, 0.1) is 5.41 Å². The summed E-state index contributed by atoms with van der Waals surface area (Å²) in [6.07, 6.45) is 16.7. The Morgan fingerprint density at radius 2 is 0.577 bits per heavy atom. The minimum Gasteiger partial charge on any atom is -0.311 e. The van der Waals surface area contributed by atoms with E-state index in [1.165, 1.54) is 142 Å². The molecular weight excluding hydrogens is 857 g/mol. The third-order valence-corrected chi connectivity index (χ3v) is 15.1. The minimum absolute atomic E-state index is 0.471. The fourth-order valence-electron chi connectivity index (χ4n) is 11.1. The molecule has 0 aliphatic heterocycles. The molecule has 0 amide bonds.